The predicted octanol–water partition coefficient (Wildman–Crippen LogP) is 4.05. The van der Waals surface area contributed by atoms with E-state index in [1.165, 1.54) is 0 Å². The van der Waals surface area contributed by atoms with E-state index in [2.05, 4.69) is 15.2 Å². The second-order valence-corrected chi connectivity index (χ2v) is 10.4. The number of anilines is 1. The number of piperidine rings is 1. The zero-order valence-electron chi connectivity index (χ0n) is 27.9. The molecule has 4 aromatic rings. The Kier molecular flexibility index (Phi) is 5.06. The number of nitrogens with one attached hydrogen (secondary N) is 1. The highest BCUT2D eigenvalue weighted by Gasteiger charge is 2.28. The number of hydrogen-bond donors (Lipinski definition) is 1. The summed E-state index contributed by atoms with van der Waals surface area (Å²) in [6.45, 7) is -4.35. The summed E-state index contributed by atoms with van der Waals surface area (Å²) < 4.78 is 78.7. The number of likely N-dealkylation sites (tertiary alicyclic amines) is 1. The molecule has 1 amide bonds. The molecule has 1 saturated heterocycles. The van der Waals surface area contributed by atoms with Gasteiger partial charge in [0.05, 0.1) is 5.69 Å². The molecule has 0 spiro atoms. The number of aromatic nitrogens is 3. The van der Waals surface area contributed by atoms with E-state index in [1.54, 1.807) is 17.0 Å². The van der Waals surface area contributed by atoms with E-state index in [0.29, 0.717) is 51.0 Å². The Hall–Kier alpha value is -4.05. The van der Waals surface area contributed by atoms with Gasteiger partial charge in [0.15, 0.2) is 0 Å². The molecular weight excluding hydrogens is 514 g/mol. The maximum absolute atomic E-state index is 15.3. The normalized spacial score (nSPS) is 18.7. The highest BCUT2D eigenvalue weighted by Crippen LogP contribution is 2.34. The second-order valence-electron chi connectivity index (χ2n) is 10.4. The number of pyridine rings is 2. The van der Waals surface area contributed by atoms with E-state index in [9.17, 15) is 9.59 Å². The summed E-state index contributed by atoms with van der Waals surface area (Å²) in [6.07, 6.45) is 4.95. The number of amides is 1. The van der Waals surface area contributed by atoms with Crippen molar-refractivity contribution in [3.8, 4) is 5.69 Å². The standard InChI is InChI=1S/C30H32F2N6O2/c1-35(2)29(39)19-14-23(31)27(24(32)15-19)18-6-11-37(12-7-18)17-20-16-22-26(5-10-34-28(22)36(20)3)38-13-8-25-21(30(38)40)4-9-33-25/h5,8,10,13-16,18,33H,4,6-7,9,11-12,17H2,1-3H3/i1D3,2D3. The minimum atomic E-state index is -3.33. The van der Waals surface area contributed by atoms with Gasteiger partial charge in [0.25, 0.3) is 11.5 Å². The molecule has 40 heavy (non-hydrogen) atoms. The van der Waals surface area contributed by atoms with Crippen LogP contribution in [-0.4, -0.2) is 63.4 Å². The van der Waals surface area contributed by atoms with Gasteiger partial charge >= 0.3 is 0 Å². The van der Waals surface area contributed by atoms with Gasteiger partial charge in [-0.1, -0.05) is 0 Å². The maximum Gasteiger partial charge on any atom is 0.260 e. The van der Waals surface area contributed by atoms with Gasteiger partial charge in [-0.05, 0) is 68.6 Å². The van der Waals surface area contributed by atoms with Crippen LogP contribution in [0.2, 0.25) is 0 Å². The lowest BCUT2D eigenvalue weighted by molar-refractivity contribution is 0.0826. The third kappa shape index (κ3) is 4.46. The van der Waals surface area contributed by atoms with Crippen LogP contribution in [0.3, 0.4) is 0 Å². The summed E-state index contributed by atoms with van der Waals surface area (Å²) in [6, 6.07) is 7.16. The molecule has 1 fully saturated rings. The summed E-state index contributed by atoms with van der Waals surface area (Å²) in [5, 5.41) is 4.06. The number of halogens is 2. The molecule has 208 valence electrons. The van der Waals surface area contributed by atoms with Gasteiger partial charge in [-0.15, -0.1) is 0 Å². The Morgan fingerprint density at radius 2 is 1.93 bits per heavy atom. The lowest BCUT2D eigenvalue weighted by atomic mass is 9.88. The Morgan fingerprint density at radius 1 is 1.18 bits per heavy atom. The number of aryl methyl sites for hydroxylation is 1. The van der Waals surface area contributed by atoms with Crippen molar-refractivity contribution >= 4 is 22.6 Å². The molecule has 0 aliphatic carbocycles. The first kappa shape index (κ1) is 19.9. The summed E-state index contributed by atoms with van der Waals surface area (Å²) >= 11 is 0. The quantitative estimate of drug-likeness (QED) is 0.404. The third-order valence-corrected chi connectivity index (χ3v) is 8.06. The van der Waals surface area contributed by atoms with Gasteiger partial charge in [0, 0.05) is 88.2 Å². The van der Waals surface area contributed by atoms with E-state index in [0.717, 1.165) is 40.2 Å². The minimum Gasteiger partial charge on any atom is -0.384 e. The van der Waals surface area contributed by atoms with Crippen LogP contribution in [0, 0.1) is 11.6 Å². The van der Waals surface area contributed by atoms with Crippen molar-refractivity contribution in [3.63, 3.8) is 0 Å². The van der Waals surface area contributed by atoms with E-state index in [-0.39, 0.29) is 16.0 Å². The molecule has 2 aliphatic rings. The summed E-state index contributed by atoms with van der Waals surface area (Å²) in [5.41, 5.74) is 3.07. The summed E-state index contributed by atoms with van der Waals surface area (Å²) in [5.74, 6) is -4.06. The first-order chi connectivity index (χ1) is 21.6. The molecule has 0 bridgehead atoms. The molecule has 2 aliphatic heterocycles. The van der Waals surface area contributed by atoms with Crippen LogP contribution >= 0.6 is 0 Å². The van der Waals surface area contributed by atoms with Crippen molar-refractivity contribution in [2.45, 2.75) is 31.7 Å². The maximum atomic E-state index is 15.3. The highest BCUT2D eigenvalue weighted by atomic mass is 19.1. The average molecular weight is 553 g/mol. The zero-order chi connectivity index (χ0) is 33.1. The molecule has 6 rings (SSSR count). The average Bonchev–Trinajstić information content (AvgIpc) is 3.57. The lowest BCUT2D eigenvalue weighted by Gasteiger charge is -2.32. The molecule has 0 radical (unpaired) electrons. The van der Waals surface area contributed by atoms with Crippen LogP contribution in [0.1, 0.15) is 54.2 Å². The van der Waals surface area contributed by atoms with Crippen molar-refractivity contribution in [2.24, 2.45) is 7.05 Å². The smallest absolute Gasteiger partial charge is 0.260 e. The van der Waals surface area contributed by atoms with Gasteiger partial charge < -0.3 is 14.8 Å². The molecule has 3 aromatic heterocycles. The number of nitrogens with zero attached hydrogens (tertiary/aromatic N) is 5. The van der Waals surface area contributed by atoms with E-state index >= 15 is 8.78 Å². The number of rotatable bonds is 5. The number of carbonyl (C=O) groups excluding carboxylic acids is 1. The largest absolute Gasteiger partial charge is 0.384 e. The van der Waals surface area contributed by atoms with E-state index in [1.807, 2.05) is 29.8 Å². The van der Waals surface area contributed by atoms with Gasteiger partial charge in [-0.3, -0.25) is 19.1 Å². The molecule has 0 unspecified atom stereocenters. The minimum absolute atomic E-state index is 0.0637. The van der Waals surface area contributed by atoms with Gasteiger partial charge in [0.2, 0.25) is 0 Å². The molecule has 0 saturated carbocycles. The molecule has 5 heterocycles. The fraction of sp³-hybridized carbons (Fsp3) is 0.367. The summed E-state index contributed by atoms with van der Waals surface area (Å²) in [4.78, 5) is 32.4. The zero-order valence-corrected chi connectivity index (χ0v) is 21.9. The van der Waals surface area contributed by atoms with Crippen LogP contribution in [0.15, 0.2) is 47.5 Å². The van der Waals surface area contributed by atoms with Crippen LogP contribution in [-0.2, 0) is 20.0 Å². The third-order valence-electron chi connectivity index (χ3n) is 8.06. The number of benzene rings is 1. The fourth-order valence-corrected chi connectivity index (χ4v) is 5.95. The van der Waals surface area contributed by atoms with Gasteiger partial charge in [-0.2, -0.15) is 0 Å². The Labute approximate surface area is 239 Å². The van der Waals surface area contributed by atoms with Crippen molar-refractivity contribution in [3.05, 3.63) is 87.1 Å². The predicted molar refractivity (Wildman–Crippen MR) is 150 cm³/mol. The monoisotopic (exact) mass is 552 g/mol. The van der Waals surface area contributed by atoms with Crippen molar-refractivity contribution in [1.82, 2.24) is 23.9 Å². The Balaban J connectivity index is 1.18. The first-order valence-electron chi connectivity index (χ1n) is 16.1. The van der Waals surface area contributed by atoms with Crippen molar-refractivity contribution in [1.29, 1.82) is 0 Å². The fourth-order valence-electron chi connectivity index (χ4n) is 5.95. The van der Waals surface area contributed by atoms with Crippen LogP contribution in [0.25, 0.3) is 16.7 Å². The molecule has 0 atom stereocenters. The van der Waals surface area contributed by atoms with E-state index < -0.39 is 43.0 Å². The Morgan fingerprint density at radius 3 is 2.65 bits per heavy atom. The van der Waals surface area contributed by atoms with Crippen molar-refractivity contribution in [2.75, 3.05) is 38.9 Å². The van der Waals surface area contributed by atoms with Crippen LogP contribution in [0.4, 0.5) is 14.5 Å². The van der Waals surface area contributed by atoms with Gasteiger partial charge in [0.1, 0.15) is 17.3 Å². The molecule has 1 aromatic carbocycles. The first-order valence-corrected chi connectivity index (χ1v) is 13.1. The SMILES string of the molecule is [2H]C([2H])([2H])N(C(=O)c1cc(F)c(C2CCN(Cc3cc4c(-n5ccc6c(c5=O)CCN6)ccnc4n3C)CC2)c(F)c1)C([2H])([2H])[2H]. The Bertz CT molecular complexity index is 1860. The van der Waals surface area contributed by atoms with Crippen LogP contribution in [0.5, 0.6) is 0 Å². The van der Waals surface area contributed by atoms with E-state index in [4.69, 9.17) is 8.22 Å². The number of carbonyl (C=O) groups is 1. The summed E-state index contributed by atoms with van der Waals surface area (Å²) in [7, 11) is 1.91. The highest BCUT2D eigenvalue weighted by molar-refractivity contribution is 5.94. The van der Waals surface area contributed by atoms with Gasteiger partial charge in [-0.25, -0.2) is 13.8 Å². The topological polar surface area (TPSA) is 75.4 Å². The number of hydrogen-bond acceptors (Lipinski definition) is 5. The molecular formula is C30H32F2N6O2. The number of fused-ring (bicyclic) bond motifs is 2. The second kappa shape index (κ2) is 10.2. The molecule has 8 nitrogen and oxygen atoms in total. The lowest BCUT2D eigenvalue weighted by Crippen LogP contribution is -2.33. The van der Waals surface area contributed by atoms with Crippen molar-refractivity contribution < 1.29 is 21.8 Å². The molecule has 1 N–H and O–H groups in total. The molecule has 10 heteroatoms. The van der Waals surface area contributed by atoms with Crippen LogP contribution < -0.4 is 10.9 Å².